The minimum atomic E-state index is -1.51. The Morgan fingerprint density at radius 3 is 2.71 bits per heavy atom. The van der Waals surface area contributed by atoms with E-state index in [1.54, 1.807) is 25.4 Å². The second-order valence-electron chi connectivity index (χ2n) is 6.39. The van der Waals surface area contributed by atoms with Crippen molar-refractivity contribution in [1.82, 2.24) is 15.2 Å². The SMILES string of the molecule is CC(=O)OCC1[CH][CH]C(N2N=NC(C(=N)NC(=O)CCN(C)C)C(=O)C2=O)O1. The lowest BCUT2D eigenvalue weighted by atomic mass is 10.1. The van der Waals surface area contributed by atoms with Gasteiger partial charge in [0.1, 0.15) is 12.4 Å². The second kappa shape index (κ2) is 9.46. The van der Waals surface area contributed by atoms with Gasteiger partial charge in [-0.1, -0.05) is 5.22 Å². The highest BCUT2D eigenvalue weighted by atomic mass is 16.6. The Labute approximate surface area is 161 Å². The molecule has 12 nitrogen and oxygen atoms in total. The smallest absolute Gasteiger partial charge is 0.316 e. The molecule has 2 aliphatic rings. The number of esters is 1. The molecule has 2 rings (SSSR count). The summed E-state index contributed by atoms with van der Waals surface area (Å²) in [6, 6.07) is -1.51. The van der Waals surface area contributed by atoms with Crippen molar-refractivity contribution in [1.29, 1.82) is 5.41 Å². The lowest BCUT2D eigenvalue weighted by molar-refractivity contribution is -0.159. The number of carbonyl (C=O) groups excluding carboxylic acids is 4. The molecule has 2 radical (unpaired) electrons. The van der Waals surface area contributed by atoms with Crippen molar-refractivity contribution in [2.75, 3.05) is 27.2 Å². The van der Waals surface area contributed by atoms with E-state index < -0.39 is 47.8 Å². The van der Waals surface area contributed by atoms with Crippen LogP contribution in [0.25, 0.3) is 0 Å². The molecule has 2 N–H and O–H groups in total. The third kappa shape index (κ3) is 5.63. The molecule has 2 heterocycles. The Balaban J connectivity index is 1.93. The van der Waals surface area contributed by atoms with Crippen LogP contribution in [0.3, 0.4) is 0 Å². The molecule has 0 saturated carbocycles. The van der Waals surface area contributed by atoms with E-state index in [9.17, 15) is 19.2 Å². The number of Topliss-reactive ketones (excluding diaryl/α,β-unsaturated/α-hetero) is 1. The van der Waals surface area contributed by atoms with Crippen LogP contribution in [0, 0.1) is 18.3 Å². The fourth-order valence-electron chi connectivity index (χ4n) is 2.31. The minimum Gasteiger partial charge on any atom is -0.463 e. The first kappa shape index (κ1) is 21.6. The summed E-state index contributed by atoms with van der Waals surface area (Å²) in [5.41, 5.74) is 0. The van der Waals surface area contributed by atoms with Crippen LogP contribution < -0.4 is 5.32 Å². The summed E-state index contributed by atoms with van der Waals surface area (Å²) in [4.78, 5) is 49.0. The summed E-state index contributed by atoms with van der Waals surface area (Å²) >= 11 is 0. The number of carbonyl (C=O) groups is 4. The Morgan fingerprint density at radius 2 is 2.07 bits per heavy atom. The van der Waals surface area contributed by atoms with Gasteiger partial charge in [-0.15, -0.1) is 0 Å². The van der Waals surface area contributed by atoms with E-state index in [0.717, 1.165) is 5.01 Å². The number of ether oxygens (including phenoxy) is 2. The highest BCUT2D eigenvalue weighted by Crippen LogP contribution is 2.24. The highest BCUT2D eigenvalue weighted by molar-refractivity contribution is 6.43. The maximum atomic E-state index is 12.3. The molecule has 152 valence electrons. The zero-order valence-electron chi connectivity index (χ0n) is 15.7. The molecule has 12 heteroatoms. The lowest BCUT2D eigenvalue weighted by Crippen LogP contribution is -2.52. The fourth-order valence-corrected chi connectivity index (χ4v) is 2.31. The number of nitrogens with one attached hydrogen (secondary N) is 2. The normalized spacial score (nSPS) is 24.6. The molecular weight excluding hydrogens is 372 g/mol. The average molecular weight is 394 g/mol. The van der Waals surface area contributed by atoms with Crippen molar-refractivity contribution in [2.45, 2.75) is 31.7 Å². The van der Waals surface area contributed by atoms with Gasteiger partial charge < -0.3 is 19.7 Å². The first-order valence-corrected chi connectivity index (χ1v) is 8.47. The molecular formula is C16H22N6O6. The molecule has 3 atom stereocenters. The van der Waals surface area contributed by atoms with Gasteiger partial charge in [-0.2, -0.15) is 10.1 Å². The molecule has 0 bridgehead atoms. The number of amidine groups is 1. The van der Waals surface area contributed by atoms with Gasteiger partial charge in [0.05, 0.1) is 6.10 Å². The number of rotatable bonds is 7. The number of hydrogen-bond donors (Lipinski definition) is 2. The number of amides is 2. The monoisotopic (exact) mass is 394 g/mol. The highest BCUT2D eigenvalue weighted by Gasteiger charge is 2.43. The van der Waals surface area contributed by atoms with Gasteiger partial charge in [-0.3, -0.25) is 24.6 Å². The van der Waals surface area contributed by atoms with Crippen LogP contribution in [0.15, 0.2) is 10.3 Å². The molecule has 2 aliphatic heterocycles. The van der Waals surface area contributed by atoms with Gasteiger partial charge in [0.15, 0.2) is 12.3 Å². The molecule has 2 amide bonds. The van der Waals surface area contributed by atoms with E-state index in [4.69, 9.17) is 14.9 Å². The Bertz CT molecular complexity index is 693. The standard InChI is InChI=1S/C16H22N6O6/c1-9(23)27-8-10-4-5-12(28-10)22-16(26)14(25)13(19-20-22)15(17)18-11(24)6-7-21(2)3/h4-5,10,12-13H,6-8H2,1-3H3,(H2,17,18,24). The third-order valence-electron chi connectivity index (χ3n) is 3.76. The quantitative estimate of drug-likeness (QED) is 0.240. The number of ketones is 1. The van der Waals surface area contributed by atoms with Gasteiger partial charge in [0.2, 0.25) is 5.91 Å². The predicted molar refractivity (Wildman–Crippen MR) is 93.4 cm³/mol. The summed E-state index contributed by atoms with van der Waals surface area (Å²) in [6.07, 6.45) is 1.61. The Kier molecular flexibility index (Phi) is 7.29. The minimum absolute atomic E-state index is 0.0400. The Hall–Kier alpha value is -2.73. The molecule has 1 saturated heterocycles. The summed E-state index contributed by atoms with van der Waals surface area (Å²) < 4.78 is 10.3. The van der Waals surface area contributed by atoms with E-state index in [1.807, 2.05) is 0 Å². The number of hydrogen-bond acceptors (Lipinski definition) is 10. The van der Waals surface area contributed by atoms with Crippen LogP contribution in [0.5, 0.6) is 0 Å². The lowest BCUT2D eigenvalue weighted by Gasteiger charge is -2.26. The van der Waals surface area contributed by atoms with Crippen LogP contribution in [0.1, 0.15) is 13.3 Å². The first-order chi connectivity index (χ1) is 13.2. The molecule has 0 spiro atoms. The summed E-state index contributed by atoms with van der Waals surface area (Å²) in [5, 5.41) is 18.2. The van der Waals surface area contributed by atoms with E-state index >= 15 is 0 Å². The third-order valence-corrected chi connectivity index (χ3v) is 3.76. The zero-order chi connectivity index (χ0) is 20.8. The van der Waals surface area contributed by atoms with Crippen LogP contribution in [0.2, 0.25) is 0 Å². The summed E-state index contributed by atoms with van der Waals surface area (Å²) in [6.45, 7) is 1.68. The Morgan fingerprint density at radius 1 is 1.36 bits per heavy atom. The van der Waals surface area contributed by atoms with Crippen molar-refractivity contribution in [3.63, 3.8) is 0 Å². The topological polar surface area (TPSA) is 154 Å². The van der Waals surface area contributed by atoms with E-state index in [0.29, 0.717) is 6.54 Å². The van der Waals surface area contributed by atoms with Crippen molar-refractivity contribution in [3.8, 4) is 0 Å². The van der Waals surface area contributed by atoms with Crippen molar-refractivity contribution >= 4 is 29.4 Å². The maximum absolute atomic E-state index is 12.3. The van der Waals surface area contributed by atoms with Crippen LogP contribution in [-0.2, 0) is 28.7 Å². The average Bonchev–Trinajstić information content (AvgIpc) is 3.09. The molecule has 0 aromatic carbocycles. The molecule has 3 unspecified atom stereocenters. The van der Waals surface area contributed by atoms with Crippen molar-refractivity contribution in [3.05, 3.63) is 12.8 Å². The fraction of sp³-hybridized carbons (Fsp3) is 0.562. The molecule has 28 heavy (non-hydrogen) atoms. The van der Waals surface area contributed by atoms with E-state index in [-0.39, 0.29) is 13.0 Å². The van der Waals surface area contributed by atoms with E-state index in [2.05, 4.69) is 15.7 Å². The van der Waals surface area contributed by atoms with Gasteiger partial charge in [-0.05, 0) is 14.1 Å². The van der Waals surface area contributed by atoms with Gasteiger partial charge in [-0.25, -0.2) is 0 Å². The summed E-state index contributed by atoms with van der Waals surface area (Å²) in [5.74, 6) is -3.48. The van der Waals surface area contributed by atoms with Crippen LogP contribution in [0.4, 0.5) is 0 Å². The van der Waals surface area contributed by atoms with Crippen LogP contribution in [-0.4, -0.2) is 84.9 Å². The van der Waals surface area contributed by atoms with Gasteiger partial charge in [0.25, 0.3) is 5.78 Å². The zero-order valence-corrected chi connectivity index (χ0v) is 15.7. The number of nitrogens with zero attached hydrogens (tertiary/aromatic N) is 4. The maximum Gasteiger partial charge on any atom is 0.316 e. The largest absolute Gasteiger partial charge is 0.463 e. The van der Waals surface area contributed by atoms with Crippen molar-refractivity contribution in [2.24, 2.45) is 10.3 Å². The molecule has 0 aromatic rings. The summed E-state index contributed by atoms with van der Waals surface area (Å²) in [7, 11) is 3.59. The van der Waals surface area contributed by atoms with Gasteiger partial charge >= 0.3 is 11.9 Å². The second-order valence-corrected chi connectivity index (χ2v) is 6.39. The van der Waals surface area contributed by atoms with Gasteiger partial charge in [0, 0.05) is 32.7 Å². The van der Waals surface area contributed by atoms with E-state index in [1.165, 1.54) is 13.3 Å². The van der Waals surface area contributed by atoms with Crippen LogP contribution >= 0.6 is 0 Å². The predicted octanol–water partition coefficient (Wildman–Crippen LogP) is -1.12. The first-order valence-electron chi connectivity index (χ1n) is 8.47. The molecule has 1 fully saturated rings. The van der Waals surface area contributed by atoms with Crippen molar-refractivity contribution < 1.29 is 28.7 Å². The molecule has 0 aliphatic carbocycles. The molecule has 0 aromatic heterocycles.